The predicted octanol–water partition coefficient (Wildman–Crippen LogP) is 23.4. The summed E-state index contributed by atoms with van der Waals surface area (Å²) >= 11 is 0. The Hall–Kier alpha value is -3.85. The van der Waals surface area contributed by atoms with Crippen LogP contribution < -0.4 is 21.3 Å². The number of hydrogen-bond acceptors (Lipinski definition) is 18. The number of Topliss-reactive ketones (excluding diaryl/α,β-unsaturated/α-hetero) is 2. The van der Waals surface area contributed by atoms with Gasteiger partial charge in [0.2, 0.25) is 11.8 Å². The van der Waals surface area contributed by atoms with Gasteiger partial charge >= 0.3 is 33.4 Å². The highest BCUT2D eigenvalue weighted by molar-refractivity contribution is 7.53. The van der Waals surface area contributed by atoms with E-state index in [9.17, 15) is 42.7 Å². The van der Waals surface area contributed by atoms with Crippen LogP contribution in [-0.4, -0.2) is 144 Å². The third-order valence-corrected chi connectivity index (χ3v) is 23.7. The van der Waals surface area contributed by atoms with Crippen molar-refractivity contribution < 1.29 is 84.3 Å². The highest BCUT2D eigenvalue weighted by Crippen LogP contribution is 2.50. The number of nitrogens with one attached hydrogen (secondary N) is 4. The highest BCUT2D eigenvalue weighted by Gasteiger charge is 2.31. The van der Waals surface area contributed by atoms with Crippen LogP contribution in [0.15, 0.2) is 25.3 Å². The van der Waals surface area contributed by atoms with Crippen LogP contribution in [0.25, 0.3) is 0 Å². The van der Waals surface area contributed by atoms with Crippen LogP contribution in [0, 0.1) is 0 Å². The molecule has 0 rings (SSSR count). The number of esters is 2. The summed E-state index contributed by atoms with van der Waals surface area (Å²) in [6.45, 7) is 19.1. The summed E-state index contributed by atoms with van der Waals surface area (Å²) in [4.78, 5) is 92.7. The molecule has 22 nitrogen and oxygen atoms in total. The Labute approximate surface area is 694 Å². The fourth-order valence-electron chi connectivity index (χ4n) is 13.4. The number of phosphoric acid groups is 1. The lowest BCUT2D eigenvalue weighted by atomic mass is 10.0. The summed E-state index contributed by atoms with van der Waals surface area (Å²) in [5.74, 6) is -1.84. The molecule has 0 fully saturated rings. The van der Waals surface area contributed by atoms with Crippen molar-refractivity contribution >= 4 is 56.8 Å². The van der Waals surface area contributed by atoms with E-state index in [1.54, 1.807) is 6.08 Å². The van der Waals surface area contributed by atoms with E-state index in [1.807, 2.05) is 0 Å². The molecule has 0 aliphatic heterocycles. The van der Waals surface area contributed by atoms with Crippen molar-refractivity contribution in [2.45, 2.75) is 432 Å². The number of rotatable bonds is 90. The number of allylic oxidation sites excluding steroid dienone is 1. The van der Waals surface area contributed by atoms with Crippen molar-refractivity contribution in [1.82, 2.24) is 21.3 Å². The van der Waals surface area contributed by atoms with Crippen LogP contribution in [0.3, 0.4) is 0 Å². The Morgan fingerprint density at radius 1 is 0.342 bits per heavy atom. The van der Waals surface area contributed by atoms with Crippen LogP contribution in [-0.2, 0) is 79.5 Å². The zero-order valence-corrected chi connectivity index (χ0v) is 75.2. The van der Waals surface area contributed by atoms with E-state index >= 15 is 0 Å². The standard InChI is InChI=1S/C90H170N4O18P2/c1-9-17-24-30-34-38-42-48-52-58-82(95)74-86(97)93-80(76-104-69-64-84(60-54-46-28-21-13-5)111-88(99)62-56-50-44-40-36-32-26-19-11-3)78-109-113(102,73-23-15-7)106-71-66-91-90(101)92-67-72-108-114(103,107-68-16-8)110-79-81(94-87(98)75-83(96)59-53-49-43-39-35-31-25-18-10-2)77-105-70-65-85(61-55-47-29-22-14-6)112-89(100)63-57-51-45-41-37-33-27-20-12-4/h15-16,80-81,84-85H,7-14,17-79H2,1-6H3,(H,93,97)(H,94,98)(H2,91,92,101)/t80-,81-,84-,85-,113?,114?/m1/s1. The fraction of sp³-hybridized carbons (Fsp3) is 0.878. The van der Waals surface area contributed by atoms with Crippen LogP contribution in [0.5, 0.6) is 0 Å². The second-order valence-corrected chi connectivity index (χ2v) is 35.4. The molecule has 668 valence electrons. The molecule has 0 saturated heterocycles. The van der Waals surface area contributed by atoms with E-state index in [0.29, 0.717) is 57.8 Å². The quantitative estimate of drug-likeness (QED) is 0.0145. The molecule has 0 heterocycles. The predicted molar refractivity (Wildman–Crippen MR) is 464 cm³/mol. The van der Waals surface area contributed by atoms with Crippen LogP contribution in [0.2, 0.25) is 0 Å². The molecule has 0 aliphatic rings. The summed E-state index contributed by atoms with van der Waals surface area (Å²) in [5.41, 5.74) is 0. The van der Waals surface area contributed by atoms with Gasteiger partial charge in [0.1, 0.15) is 23.8 Å². The van der Waals surface area contributed by atoms with Gasteiger partial charge in [-0.3, -0.25) is 46.9 Å². The van der Waals surface area contributed by atoms with E-state index in [4.69, 9.17) is 41.6 Å². The van der Waals surface area contributed by atoms with E-state index in [-0.39, 0.29) is 134 Å². The van der Waals surface area contributed by atoms with Crippen molar-refractivity contribution in [3.63, 3.8) is 0 Å². The molecule has 0 saturated carbocycles. The van der Waals surface area contributed by atoms with Crippen molar-refractivity contribution in [3.8, 4) is 0 Å². The third kappa shape index (κ3) is 73.3. The van der Waals surface area contributed by atoms with Crippen LogP contribution in [0.1, 0.15) is 408 Å². The first-order chi connectivity index (χ1) is 55.4. The average Bonchev–Trinajstić information content (AvgIpc) is 0.555. The number of phosphoric ester groups is 1. The summed E-state index contributed by atoms with van der Waals surface area (Å²) in [6.07, 6.45) is 56.4. The summed E-state index contributed by atoms with van der Waals surface area (Å²) in [5, 5.41) is 11.0. The Kier molecular flexibility index (Phi) is 78.8. The number of urea groups is 1. The van der Waals surface area contributed by atoms with Gasteiger partial charge in [-0.2, -0.15) is 0 Å². The van der Waals surface area contributed by atoms with E-state index in [2.05, 4.69) is 76.0 Å². The summed E-state index contributed by atoms with van der Waals surface area (Å²) in [7, 11) is -8.32. The van der Waals surface area contributed by atoms with Gasteiger partial charge in [0, 0.05) is 51.6 Å². The molecule has 0 radical (unpaired) electrons. The van der Waals surface area contributed by atoms with E-state index < -0.39 is 52.0 Å². The molecule has 0 bridgehead atoms. The lowest BCUT2D eigenvalue weighted by Crippen LogP contribution is -2.42. The maximum Gasteiger partial charge on any atom is 0.475 e. The van der Waals surface area contributed by atoms with Gasteiger partial charge in [-0.05, 0) is 57.8 Å². The normalized spacial score (nSPS) is 13.6. The van der Waals surface area contributed by atoms with Crippen molar-refractivity contribution in [3.05, 3.63) is 25.3 Å². The monoisotopic (exact) mass is 1660 g/mol. The number of hydrogen-bond donors (Lipinski definition) is 4. The number of amides is 4. The van der Waals surface area contributed by atoms with Gasteiger partial charge in [0.25, 0.3) is 0 Å². The van der Waals surface area contributed by atoms with Gasteiger partial charge in [-0.1, -0.05) is 311 Å². The molecule has 4 N–H and O–H groups in total. The van der Waals surface area contributed by atoms with Crippen LogP contribution in [0.4, 0.5) is 4.79 Å². The molecule has 2 unspecified atom stereocenters. The largest absolute Gasteiger partial charge is 0.475 e. The van der Waals surface area contributed by atoms with E-state index in [1.165, 1.54) is 147 Å². The van der Waals surface area contributed by atoms with E-state index in [0.717, 1.165) is 141 Å². The molecule has 0 aromatic carbocycles. The SMILES string of the molecule is C=CCCP(=O)(OCCNC(=O)NCCOP(=O)(OCC=C)OC[C@@H](COCC[C@@H](CCCCCCC)OC(=O)CCCCCCCCCCC)NC(=O)CC(=O)CCCCCCCCCCC)OC[C@@H](COCC[C@@H](CCCCCCC)OC(=O)CCCCCCCCCCC)NC(=O)CC(=O)CCCCCCCCCCC. The first-order valence-electron chi connectivity index (χ1n) is 46.3. The maximum absolute atomic E-state index is 14.4. The molecule has 6 atom stereocenters. The zero-order valence-electron chi connectivity index (χ0n) is 73.4. The first kappa shape index (κ1) is 110. The van der Waals surface area contributed by atoms with Gasteiger partial charge in [0.05, 0.1) is 90.5 Å². The zero-order chi connectivity index (χ0) is 83.7. The number of ketones is 2. The number of carbonyl (C=O) groups excluding carboxylic acids is 7. The maximum atomic E-state index is 14.4. The molecule has 4 amide bonds. The number of unbranched alkanes of at least 4 members (excludes halogenated alkanes) is 40. The first-order valence-corrected chi connectivity index (χ1v) is 49.4. The Morgan fingerprint density at radius 3 is 1.02 bits per heavy atom. The Balaban J connectivity index is 6.11. The topological polar surface area (TPSA) is 285 Å². The molecule has 114 heavy (non-hydrogen) atoms. The minimum atomic E-state index is -4.40. The van der Waals surface area contributed by atoms with Crippen molar-refractivity contribution in [2.24, 2.45) is 0 Å². The Morgan fingerprint density at radius 2 is 0.667 bits per heavy atom. The molecule has 0 aliphatic carbocycles. The molecule has 24 heteroatoms. The lowest BCUT2D eigenvalue weighted by molar-refractivity contribution is -0.151. The van der Waals surface area contributed by atoms with Crippen molar-refractivity contribution in [1.29, 1.82) is 0 Å². The number of ether oxygens (including phenoxy) is 4. The minimum absolute atomic E-state index is 0.0551. The van der Waals surface area contributed by atoms with Gasteiger partial charge < -0.3 is 49.3 Å². The lowest BCUT2D eigenvalue weighted by Gasteiger charge is -2.24. The smallest absolute Gasteiger partial charge is 0.462 e. The molecule has 0 spiro atoms. The molecule has 0 aromatic heterocycles. The van der Waals surface area contributed by atoms with Crippen molar-refractivity contribution in [2.75, 3.05) is 78.7 Å². The third-order valence-electron chi connectivity index (χ3n) is 20.4. The number of carbonyl (C=O) groups is 7. The summed E-state index contributed by atoms with van der Waals surface area (Å²) in [6, 6.07) is -2.41. The highest BCUT2D eigenvalue weighted by atomic mass is 31.2. The van der Waals surface area contributed by atoms with Gasteiger partial charge in [-0.25, -0.2) is 9.36 Å². The fourth-order valence-corrected chi connectivity index (χ4v) is 16.2. The molecule has 0 aromatic rings. The van der Waals surface area contributed by atoms with Gasteiger partial charge in [-0.15, -0.1) is 13.2 Å². The van der Waals surface area contributed by atoms with Gasteiger partial charge in [0.15, 0.2) is 0 Å². The molecular weight excluding hydrogens is 1490 g/mol. The molecular formula is C90H170N4O18P2. The summed E-state index contributed by atoms with van der Waals surface area (Å²) < 4.78 is 82.0. The van der Waals surface area contributed by atoms with Crippen LogP contribution >= 0.6 is 15.4 Å². The second kappa shape index (κ2) is 81.5. The Bertz CT molecular complexity index is 2280. The minimum Gasteiger partial charge on any atom is -0.462 e. The average molecular weight is 1660 g/mol. The second-order valence-electron chi connectivity index (χ2n) is 31.5.